The lowest BCUT2D eigenvalue weighted by atomic mass is 10.2. The fourth-order valence-corrected chi connectivity index (χ4v) is 2.10. The molecule has 1 unspecified atom stereocenters. The molecular formula is C13H14BrNO2. The van der Waals surface area contributed by atoms with Gasteiger partial charge in [-0.1, -0.05) is 34.1 Å². The largest absolute Gasteiger partial charge is 0.459 e. The Morgan fingerprint density at radius 1 is 1.47 bits per heavy atom. The topological polar surface area (TPSA) is 33.5 Å². The molecule has 0 aliphatic heterocycles. The molecule has 0 aliphatic rings. The van der Waals surface area contributed by atoms with E-state index < -0.39 is 0 Å². The van der Waals surface area contributed by atoms with E-state index in [1.807, 2.05) is 37.3 Å². The Bertz CT molecular complexity index is 502. The molecule has 4 heteroatoms. The van der Waals surface area contributed by atoms with Crippen LogP contribution in [0.15, 0.2) is 34.7 Å². The van der Waals surface area contributed by atoms with Gasteiger partial charge in [0.25, 0.3) is 0 Å². The number of furan rings is 1. The highest BCUT2D eigenvalue weighted by Gasteiger charge is 2.19. The summed E-state index contributed by atoms with van der Waals surface area (Å²) in [6.07, 6.45) is 0. The zero-order valence-electron chi connectivity index (χ0n) is 9.81. The normalized spacial score (nSPS) is 12.6. The monoisotopic (exact) mass is 295 g/mol. The number of hydrogen-bond donors (Lipinski definition) is 0. The van der Waals surface area contributed by atoms with Gasteiger partial charge in [-0.2, -0.15) is 0 Å². The molecule has 17 heavy (non-hydrogen) atoms. The maximum atomic E-state index is 11.6. The molecule has 1 aromatic carbocycles. The lowest BCUT2D eigenvalue weighted by molar-refractivity contribution is -0.129. The van der Waals surface area contributed by atoms with Gasteiger partial charge in [-0.3, -0.25) is 4.79 Å². The van der Waals surface area contributed by atoms with Crippen LogP contribution >= 0.6 is 15.9 Å². The quantitative estimate of drug-likeness (QED) is 0.814. The SMILES string of the molecule is CC(c1cc2ccccc2o1)N(C)C(=O)CBr. The highest BCUT2D eigenvalue weighted by Crippen LogP contribution is 2.26. The summed E-state index contributed by atoms with van der Waals surface area (Å²) in [7, 11) is 1.78. The Labute approximate surface area is 109 Å². The van der Waals surface area contributed by atoms with Gasteiger partial charge in [0.2, 0.25) is 5.91 Å². The number of carbonyl (C=O) groups is 1. The fraction of sp³-hybridized carbons (Fsp3) is 0.308. The van der Waals surface area contributed by atoms with Crippen LogP contribution < -0.4 is 0 Å². The number of alkyl halides is 1. The maximum absolute atomic E-state index is 11.6. The van der Waals surface area contributed by atoms with Crippen LogP contribution in [0.3, 0.4) is 0 Å². The summed E-state index contributed by atoms with van der Waals surface area (Å²) in [5.41, 5.74) is 0.856. The second-order valence-electron chi connectivity index (χ2n) is 4.00. The molecule has 0 radical (unpaired) electrons. The molecule has 0 fully saturated rings. The first kappa shape index (κ1) is 12.2. The summed E-state index contributed by atoms with van der Waals surface area (Å²) in [6.45, 7) is 1.96. The van der Waals surface area contributed by atoms with Gasteiger partial charge >= 0.3 is 0 Å². The highest BCUT2D eigenvalue weighted by atomic mass is 79.9. The lowest BCUT2D eigenvalue weighted by Crippen LogP contribution is -2.30. The summed E-state index contributed by atoms with van der Waals surface area (Å²) >= 11 is 3.17. The van der Waals surface area contributed by atoms with E-state index in [0.717, 1.165) is 16.7 Å². The Morgan fingerprint density at radius 3 is 2.82 bits per heavy atom. The molecule has 1 atom stereocenters. The average Bonchev–Trinajstić information content (AvgIpc) is 2.79. The van der Waals surface area contributed by atoms with E-state index in [2.05, 4.69) is 15.9 Å². The van der Waals surface area contributed by atoms with Crippen molar-refractivity contribution >= 4 is 32.8 Å². The number of halogens is 1. The minimum absolute atomic E-state index is 0.0398. The molecular weight excluding hydrogens is 282 g/mol. The van der Waals surface area contributed by atoms with Crippen LogP contribution in [-0.2, 0) is 4.79 Å². The third kappa shape index (κ3) is 2.36. The van der Waals surface area contributed by atoms with Crippen molar-refractivity contribution in [2.75, 3.05) is 12.4 Å². The molecule has 0 saturated heterocycles. The van der Waals surface area contributed by atoms with Gasteiger partial charge in [0.15, 0.2) is 0 Å². The summed E-state index contributed by atoms with van der Waals surface area (Å²) in [5, 5.41) is 1.39. The Kier molecular flexibility index (Phi) is 3.52. The van der Waals surface area contributed by atoms with Crippen LogP contribution in [0, 0.1) is 0 Å². The van der Waals surface area contributed by atoms with E-state index in [0.29, 0.717) is 5.33 Å². The smallest absolute Gasteiger partial charge is 0.233 e. The minimum Gasteiger partial charge on any atom is -0.459 e. The van der Waals surface area contributed by atoms with Crippen molar-refractivity contribution < 1.29 is 9.21 Å². The Hall–Kier alpha value is -1.29. The molecule has 1 amide bonds. The third-order valence-electron chi connectivity index (χ3n) is 2.94. The fourth-order valence-electron chi connectivity index (χ4n) is 1.71. The molecule has 3 nitrogen and oxygen atoms in total. The highest BCUT2D eigenvalue weighted by molar-refractivity contribution is 9.09. The number of rotatable bonds is 3. The predicted molar refractivity (Wildman–Crippen MR) is 71.2 cm³/mol. The second-order valence-corrected chi connectivity index (χ2v) is 4.56. The maximum Gasteiger partial charge on any atom is 0.233 e. The van der Waals surface area contributed by atoms with Crippen molar-refractivity contribution in [1.29, 1.82) is 0 Å². The number of hydrogen-bond acceptors (Lipinski definition) is 2. The first-order valence-corrected chi connectivity index (χ1v) is 6.55. The molecule has 0 bridgehead atoms. The van der Waals surface area contributed by atoms with Gasteiger partial charge < -0.3 is 9.32 Å². The van der Waals surface area contributed by atoms with Gasteiger partial charge in [-0.05, 0) is 19.1 Å². The van der Waals surface area contributed by atoms with E-state index in [1.54, 1.807) is 11.9 Å². The Morgan fingerprint density at radius 2 is 2.18 bits per heavy atom. The van der Waals surface area contributed by atoms with Gasteiger partial charge in [0.1, 0.15) is 11.3 Å². The summed E-state index contributed by atoms with van der Waals surface area (Å²) < 4.78 is 5.74. The number of para-hydroxylation sites is 1. The number of amides is 1. The van der Waals surface area contributed by atoms with Gasteiger partial charge in [0, 0.05) is 12.4 Å². The van der Waals surface area contributed by atoms with Crippen LogP contribution in [0.5, 0.6) is 0 Å². The Balaban J connectivity index is 2.30. The summed E-state index contributed by atoms with van der Waals surface area (Å²) in [4.78, 5) is 13.3. The summed E-state index contributed by atoms with van der Waals surface area (Å²) in [6, 6.07) is 9.76. The number of fused-ring (bicyclic) bond motifs is 1. The zero-order valence-corrected chi connectivity index (χ0v) is 11.4. The molecule has 90 valence electrons. The molecule has 1 heterocycles. The second kappa shape index (κ2) is 4.92. The predicted octanol–water partition coefficient (Wildman–Crippen LogP) is 3.35. The van der Waals surface area contributed by atoms with Crippen LogP contribution in [-0.4, -0.2) is 23.2 Å². The average molecular weight is 296 g/mol. The zero-order chi connectivity index (χ0) is 12.4. The first-order chi connectivity index (χ1) is 8.13. The molecule has 0 spiro atoms. The third-order valence-corrected chi connectivity index (χ3v) is 3.42. The standard InChI is InChI=1S/C13H14BrNO2/c1-9(15(2)13(16)8-14)12-7-10-5-3-4-6-11(10)17-12/h3-7,9H,8H2,1-2H3. The minimum atomic E-state index is -0.0625. The van der Waals surface area contributed by atoms with Gasteiger partial charge in [0.05, 0.1) is 11.4 Å². The first-order valence-electron chi connectivity index (χ1n) is 5.43. The van der Waals surface area contributed by atoms with Crippen molar-refractivity contribution in [3.8, 4) is 0 Å². The number of benzene rings is 1. The molecule has 2 rings (SSSR count). The molecule has 1 aromatic heterocycles. The van der Waals surface area contributed by atoms with Gasteiger partial charge in [-0.25, -0.2) is 0 Å². The van der Waals surface area contributed by atoms with Crippen LogP contribution in [0.25, 0.3) is 11.0 Å². The summed E-state index contributed by atoms with van der Waals surface area (Å²) in [5.74, 6) is 0.848. The van der Waals surface area contributed by atoms with E-state index in [9.17, 15) is 4.79 Å². The van der Waals surface area contributed by atoms with E-state index in [-0.39, 0.29) is 11.9 Å². The van der Waals surface area contributed by atoms with Crippen molar-refractivity contribution in [3.63, 3.8) is 0 Å². The lowest BCUT2D eigenvalue weighted by Gasteiger charge is -2.22. The van der Waals surface area contributed by atoms with Crippen molar-refractivity contribution in [1.82, 2.24) is 4.90 Å². The number of nitrogens with zero attached hydrogens (tertiary/aromatic N) is 1. The van der Waals surface area contributed by atoms with E-state index in [4.69, 9.17) is 4.42 Å². The number of carbonyl (C=O) groups excluding carboxylic acids is 1. The molecule has 0 N–H and O–H groups in total. The van der Waals surface area contributed by atoms with E-state index >= 15 is 0 Å². The molecule has 0 saturated carbocycles. The van der Waals surface area contributed by atoms with E-state index in [1.165, 1.54) is 0 Å². The van der Waals surface area contributed by atoms with Crippen LogP contribution in [0.1, 0.15) is 18.7 Å². The van der Waals surface area contributed by atoms with Crippen LogP contribution in [0.4, 0.5) is 0 Å². The van der Waals surface area contributed by atoms with Crippen molar-refractivity contribution in [2.45, 2.75) is 13.0 Å². The molecule has 2 aromatic rings. The van der Waals surface area contributed by atoms with Crippen molar-refractivity contribution in [3.05, 3.63) is 36.1 Å². The van der Waals surface area contributed by atoms with Crippen molar-refractivity contribution in [2.24, 2.45) is 0 Å². The molecule has 0 aliphatic carbocycles. The van der Waals surface area contributed by atoms with Crippen LogP contribution in [0.2, 0.25) is 0 Å². The van der Waals surface area contributed by atoms with Gasteiger partial charge in [-0.15, -0.1) is 0 Å².